The molecule has 5 heterocycles. The molecule has 4 aromatic heterocycles. The molecule has 126 valence electrons. The highest BCUT2D eigenvalue weighted by molar-refractivity contribution is 6.02. The summed E-state index contributed by atoms with van der Waals surface area (Å²) in [6.45, 7) is 4.41. The van der Waals surface area contributed by atoms with E-state index in [1.54, 1.807) is 6.33 Å². The second-order valence-corrected chi connectivity index (χ2v) is 6.95. The van der Waals surface area contributed by atoms with Gasteiger partial charge in [-0.2, -0.15) is 0 Å². The van der Waals surface area contributed by atoms with Gasteiger partial charge >= 0.3 is 0 Å². The topological polar surface area (TPSA) is 73.5 Å². The second-order valence-electron chi connectivity index (χ2n) is 6.95. The van der Waals surface area contributed by atoms with E-state index >= 15 is 0 Å². The molecule has 0 bridgehead atoms. The molecule has 1 aliphatic rings. The number of rotatable bonds is 2. The molecule has 0 amide bonds. The third-order valence-electron chi connectivity index (χ3n) is 5.12. The summed E-state index contributed by atoms with van der Waals surface area (Å²) in [4.78, 5) is 22.6. The average Bonchev–Trinajstić information content (AvgIpc) is 3.27. The van der Waals surface area contributed by atoms with Crippen molar-refractivity contribution >= 4 is 27.9 Å². The van der Waals surface area contributed by atoms with Gasteiger partial charge in [-0.25, -0.2) is 9.97 Å². The summed E-state index contributed by atoms with van der Waals surface area (Å²) in [6.07, 6.45) is 10.0. The second kappa shape index (κ2) is 5.58. The molecule has 5 rings (SSSR count). The van der Waals surface area contributed by atoms with Crippen molar-refractivity contribution in [2.45, 2.75) is 19.8 Å². The molecule has 0 radical (unpaired) electrons. The Kier molecular flexibility index (Phi) is 3.23. The number of hydrogen-bond donors (Lipinski definition) is 2. The van der Waals surface area contributed by atoms with Crippen LogP contribution in [-0.4, -0.2) is 38.0 Å². The van der Waals surface area contributed by atoms with E-state index in [4.69, 9.17) is 0 Å². The maximum Gasteiger partial charge on any atom is 0.143 e. The third-order valence-corrected chi connectivity index (χ3v) is 5.12. The molecule has 0 spiro atoms. The first kappa shape index (κ1) is 14.5. The van der Waals surface area contributed by atoms with Gasteiger partial charge in [0.25, 0.3) is 0 Å². The Balaban J connectivity index is 1.68. The van der Waals surface area contributed by atoms with Gasteiger partial charge in [-0.1, -0.05) is 6.92 Å². The number of pyridine rings is 1. The average molecular weight is 332 g/mol. The van der Waals surface area contributed by atoms with Crippen LogP contribution in [0.5, 0.6) is 0 Å². The maximum atomic E-state index is 4.64. The molecule has 1 saturated heterocycles. The number of aromatic amines is 2. The van der Waals surface area contributed by atoms with Gasteiger partial charge in [0.1, 0.15) is 17.8 Å². The zero-order valence-electron chi connectivity index (χ0n) is 14.2. The number of nitrogens with one attached hydrogen (secondary N) is 2. The lowest BCUT2D eigenvalue weighted by atomic mass is 9.99. The van der Waals surface area contributed by atoms with Gasteiger partial charge in [-0.3, -0.25) is 4.98 Å². The van der Waals surface area contributed by atoms with E-state index in [9.17, 15) is 0 Å². The number of aromatic nitrogens is 5. The Morgan fingerprint density at radius 3 is 3.08 bits per heavy atom. The first-order valence-corrected chi connectivity index (χ1v) is 8.80. The first-order chi connectivity index (χ1) is 12.3. The molecular weight excluding hydrogens is 312 g/mol. The molecule has 1 atom stereocenters. The van der Waals surface area contributed by atoms with Crippen LogP contribution in [-0.2, 0) is 0 Å². The van der Waals surface area contributed by atoms with Gasteiger partial charge < -0.3 is 14.9 Å². The Morgan fingerprint density at radius 2 is 2.16 bits per heavy atom. The zero-order valence-corrected chi connectivity index (χ0v) is 14.2. The fourth-order valence-corrected chi connectivity index (χ4v) is 3.88. The summed E-state index contributed by atoms with van der Waals surface area (Å²) in [5.41, 5.74) is 5.07. The fraction of sp³-hybridized carbons (Fsp3) is 0.316. The molecule has 6 nitrogen and oxygen atoms in total. The highest BCUT2D eigenvalue weighted by atomic mass is 15.2. The fourth-order valence-electron chi connectivity index (χ4n) is 3.88. The Bertz CT molecular complexity index is 1050. The predicted octanol–water partition coefficient (Wildman–Crippen LogP) is 3.74. The summed E-state index contributed by atoms with van der Waals surface area (Å²) >= 11 is 0. The van der Waals surface area contributed by atoms with Crippen molar-refractivity contribution in [3.05, 3.63) is 37.1 Å². The standard InChI is InChI=1S/C19H20N6/c1-12-3-2-6-25(10-12)19-17-14(9-22-18(17)23-11-24-19)13-7-16-15(21-8-13)4-5-20-16/h4-5,7-9,11-12,20H,2-3,6,10H2,1H3,(H,22,23,24). The molecule has 6 heteroatoms. The van der Waals surface area contributed by atoms with Crippen molar-refractivity contribution in [2.24, 2.45) is 5.92 Å². The monoisotopic (exact) mass is 332 g/mol. The van der Waals surface area contributed by atoms with E-state index in [0.29, 0.717) is 5.92 Å². The highest BCUT2D eigenvalue weighted by Gasteiger charge is 2.22. The minimum absolute atomic E-state index is 0.693. The number of hydrogen-bond acceptors (Lipinski definition) is 4. The Morgan fingerprint density at radius 1 is 1.20 bits per heavy atom. The molecule has 1 aliphatic heterocycles. The molecule has 0 saturated carbocycles. The highest BCUT2D eigenvalue weighted by Crippen LogP contribution is 2.35. The summed E-state index contributed by atoms with van der Waals surface area (Å²) < 4.78 is 0. The van der Waals surface area contributed by atoms with Crippen molar-refractivity contribution in [2.75, 3.05) is 18.0 Å². The number of fused-ring (bicyclic) bond motifs is 2. The normalized spacial score (nSPS) is 18.3. The van der Waals surface area contributed by atoms with Crippen LogP contribution in [0.15, 0.2) is 37.1 Å². The Hall–Kier alpha value is -2.89. The zero-order chi connectivity index (χ0) is 16.8. The molecule has 0 aromatic carbocycles. The van der Waals surface area contributed by atoms with Crippen LogP contribution < -0.4 is 4.90 Å². The summed E-state index contributed by atoms with van der Waals surface area (Å²) in [5.74, 6) is 1.72. The molecular formula is C19H20N6. The number of nitrogens with zero attached hydrogens (tertiary/aromatic N) is 4. The van der Waals surface area contributed by atoms with E-state index in [1.165, 1.54) is 12.8 Å². The molecule has 1 unspecified atom stereocenters. The largest absolute Gasteiger partial charge is 0.360 e. The SMILES string of the molecule is CC1CCCN(c2ncnc3[nH]cc(-c4cnc5cc[nH]c5c4)c23)C1. The van der Waals surface area contributed by atoms with Crippen LogP contribution in [0.1, 0.15) is 19.8 Å². The lowest BCUT2D eigenvalue weighted by molar-refractivity contribution is 0.445. The van der Waals surface area contributed by atoms with Crippen LogP contribution in [0.25, 0.3) is 33.2 Å². The quantitative estimate of drug-likeness (QED) is 0.586. The molecule has 4 aromatic rings. The molecule has 25 heavy (non-hydrogen) atoms. The number of H-pyrrole nitrogens is 2. The maximum absolute atomic E-state index is 4.64. The molecule has 2 N–H and O–H groups in total. The minimum Gasteiger partial charge on any atom is -0.360 e. The van der Waals surface area contributed by atoms with Crippen molar-refractivity contribution in [1.29, 1.82) is 0 Å². The first-order valence-electron chi connectivity index (χ1n) is 8.80. The van der Waals surface area contributed by atoms with Crippen molar-refractivity contribution < 1.29 is 0 Å². The third kappa shape index (κ3) is 2.36. The van der Waals surface area contributed by atoms with Crippen molar-refractivity contribution in [3.8, 4) is 11.1 Å². The van der Waals surface area contributed by atoms with Crippen molar-refractivity contribution in [1.82, 2.24) is 24.9 Å². The van der Waals surface area contributed by atoms with E-state index in [1.807, 2.05) is 24.7 Å². The van der Waals surface area contributed by atoms with Crippen LogP contribution in [0, 0.1) is 5.92 Å². The van der Waals surface area contributed by atoms with Crippen LogP contribution in [0.3, 0.4) is 0 Å². The summed E-state index contributed by atoms with van der Waals surface area (Å²) in [7, 11) is 0. The van der Waals surface area contributed by atoms with E-state index < -0.39 is 0 Å². The minimum atomic E-state index is 0.693. The van der Waals surface area contributed by atoms with Crippen LogP contribution in [0.2, 0.25) is 0 Å². The predicted molar refractivity (Wildman–Crippen MR) is 99.6 cm³/mol. The van der Waals surface area contributed by atoms with Crippen LogP contribution >= 0.6 is 0 Å². The van der Waals surface area contributed by atoms with Gasteiger partial charge in [-0.15, -0.1) is 0 Å². The van der Waals surface area contributed by atoms with Crippen LogP contribution in [0.4, 0.5) is 5.82 Å². The molecule has 1 fully saturated rings. The number of anilines is 1. The van der Waals surface area contributed by atoms with Gasteiger partial charge in [0.05, 0.1) is 16.4 Å². The summed E-state index contributed by atoms with van der Waals surface area (Å²) in [6, 6.07) is 4.12. The smallest absolute Gasteiger partial charge is 0.143 e. The number of piperidine rings is 1. The summed E-state index contributed by atoms with van der Waals surface area (Å²) in [5, 5.41) is 1.09. The van der Waals surface area contributed by atoms with Crippen molar-refractivity contribution in [3.63, 3.8) is 0 Å². The lowest BCUT2D eigenvalue weighted by Gasteiger charge is -2.32. The van der Waals surface area contributed by atoms with E-state index in [0.717, 1.165) is 52.1 Å². The van der Waals surface area contributed by atoms with Gasteiger partial charge in [0, 0.05) is 42.8 Å². The van der Waals surface area contributed by atoms with E-state index in [-0.39, 0.29) is 0 Å². The molecule has 0 aliphatic carbocycles. The Labute approximate surface area is 145 Å². The van der Waals surface area contributed by atoms with Gasteiger partial charge in [0.2, 0.25) is 0 Å². The van der Waals surface area contributed by atoms with Gasteiger partial charge in [0.15, 0.2) is 0 Å². The lowest BCUT2D eigenvalue weighted by Crippen LogP contribution is -2.35. The van der Waals surface area contributed by atoms with E-state index in [2.05, 4.69) is 42.8 Å². The van der Waals surface area contributed by atoms with Gasteiger partial charge in [-0.05, 0) is 30.9 Å².